The normalized spacial score (nSPS) is 10.8. The van der Waals surface area contributed by atoms with Crippen molar-refractivity contribution < 1.29 is 9.59 Å². The monoisotopic (exact) mass is 462 g/mol. The average molecular weight is 463 g/mol. The van der Waals surface area contributed by atoms with Crippen molar-refractivity contribution in [3.8, 4) is 11.3 Å². The second-order valence-electron chi connectivity index (χ2n) is 7.50. The Hall–Kier alpha value is -3.36. The van der Waals surface area contributed by atoms with Gasteiger partial charge in [0.1, 0.15) is 0 Å². The molecule has 0 fully saturated rings. The van der Waals surface area contributed by atoms with Gasteiger partial charge in [0.25, 0.3) is 5.91 Å². The number of nitrogens with one attached hydrogen (secondary N) is 2. The van der Waals surface area contributed by atoms with Crippen molar-refractivity contribution >= 4 is 44.8 Å². The van der Waals surface area contributed by atoms with E-state index in [0.29, 0.717) is 27.4 Å². The van der Waals surface area contributed by atoms with Gasteiger partial charge in [-0.3, -0.25) is 14.9 Å². The van der Waals surface area contributed by atoms with E-state index in [1.165, 1.54) is 28.2 Å². The highest BCUT2D eigenvalue weighted by Gasteiger charge is 2.13. The third-order valence-corrected chi connectivity index (χ3v) is 6.34. The van der Waals surface area contributed by atoms with Crippen molar-refractivity contribution in [1.29, 1.82) is 0 Å². The van der Waals surface area contributed by atoms with Crippen LogP contribution in [-0.2, 0) is 11.2 Å². The van der Waals surface area contributed by atoms with Crippen molar-refractivity contribution in [3.05, 3.63) is 82.2 Å². The number of anilines is 2. The molecule has 0 bridgehead atoms. The molecule has 0 aliphatic heterocycles. The largest absolute Gasteiger partial charge is 0.302 e. The Balaban J connectivity index is 1.33. The molecule has 2 N–H and O–H groups in total. The first-order valence-electron chi connectivity index (χ1n) is 10.1. The molecule has 2 amide bonds. The second kappa shape index (κ2) is 9.84. The summed E-state index contributed by atoms with van der Waals surface area (Å²) in [5.41, 5.74) is 4.28. The number of rotatable bonds is 7. The molecule has 0 atom stereocenters. The summed E-state index contributed by atoms with van der Waals surface area (Å²) in [5, 5.41) is 10.3. The van der Waals surface area contributed by atoms with Crippen molar-refractivity contribution in [2.45, 2.75) is 26.2 Å². The van der Waals surface area contributed by atoms with Crippen LogP contribution in [0.25, 0.3) is 11.3 Å². The molecular weight excluding hydrogens is 440 g/mol. The Kier molecular flexibility index (Phi) is 6.72. The van der Waals surface area contributed by atoms with E-state index in [1.807, 2.05) is 11.4 Å². The van der Waals surface area contributed by atoms with Crippen LogP contribution in [0.5, 0.6) is 0 Å². The average Bonchev–Trinajstić information content (AvgIpc) is 3.44. The predicted octanol–water partition coefficient (Wildman–Crippen LogP) is 5.82. The fourth-order valence-corrected chi connectivity index (χ4v) is 4.48. The molecule has 162 valence electrons. The number of nitrogens with zero attached hydrogens (tertiary/aromatic N) is 2. The SMILES string of the molecule is CC(C)c1ccc(-c2csc(NC(=O)Cc3csc(NC(=O)c4ccccc4)n3)n2)cc1. The van der Waals surface area contributed by atoms with Gasteiger partial charge in [-0.1, -0.05) is 56.3 Å². The molecule has 8 heteroatoms. The minimum absolute atomic E-state index is 0.107. The van der Waals surface area contributed by atoms with Crippen LogP contribution < -0.4 is 10.6 Å². The number of hydrogen-bond donors (Lipinski definition) is 2. The Labute approximate surface area is 194 Å². The smallest absolute Gasteiger partial charge is 0.257 e. The zero-order valence-corrected chi connectivity index (χ0v) is 19.3. The molecule has 2 heterocycles. The van der Waals surface area contributed by atoms with Crippen molar-refractivity contribution in [2.24, 2.45) is 0 Å². The Morgan fingerprint density at radius 1 is 0.875 bits per heavy atom. The van der Waals surface area contributed by atoms with E-state index in [-0.39, 0.29) is 18.2 Å². The van der Waals surface area contributed by atoms with E-state index in [2.05, 4.69) is 58.7 Å². The van der Waals surface area contributed by atoms with Crippen molar-refractivity contribution in [3.63, 3.8) is 0 Å². The lowest BCUT2D eigenvalue weighted by Crippen LogP contribution is -2.15. The third kappa shape index (κ3) is 5.46. The molecule has 0 saturated heterocycles. The maximum Gasteiger partial charge on any atom is 0.257 e. The van der Waals surface area contributed by atoms with Crippen molar-refractivity contribution in [2.75, 3.05) is 10.6 Å². The van der Waals surface area contributed by atoms with Gasteiger partial charge in [0.05, 0.1) is 17.8 Å². The van der Waals surface area contributed by atoms with Gasteiger partial charge < -0.3 is 5.32 Å². The van der Waals surface area contributed by atoms with E-state index < -0.39 is 0 Å². The summed E-state index contributed by atoms with van der Waals surface area (Å²) in [6, 6.07) is 17.2. The molecule has 2 aromatic heterocycles. The van der Waals surface area contributed by atoms with Gasteiger partial charge in [0.15, 0.2) is 10.3 Å². The van der Waals surface area contributed by atoms with Gasteiger partial charge in [-0.25, -0.2) is 9.97 Å². The van der Waals surface area contributed by atoms with Crippen LogP contribution in [0.2, 0.25) is 0 Å². The van der Waals surface area contributed by atoms with Gasteiger partial charge in [-0.15, -0.1) is 22.7 Å². The van der Waals surface area contributed by atoms with Crippen LogP contribution >= 0.6 is 22.7 Å². The summed E-state index contributed by atoms with van der Waals surface area (Å²) < 4.78 is 0. The summed E-state index contributed by atoms with van der Waals surface area (Å²) in [4.78, 5) is 33.5. The van der Waals surface area contributed by atoms with E-state index in [4.69, 9.17) is 0 Å². The highest BCUT2D eigenvalue weighted by Crippen LogP contribution is 2.26. The molecule has 4 aromatic rings. The molecule has 0 spiro atoms. The van der Waals surface area contributed by atoms with Crippen LogP contribution in [0.3, 0.4) is 0 Å². The topological polar surface area (TPSA) is 84.0 Å². The summed E-state index contributed by atoms with van der Waals surface area (Å²) >= 11 is 2.68. The summed E-state index contributed by atoms with van der Waals surface area (Å²) in [7, 11) is 0. The molecule has 0 unspecified atom stereocenters. The number of benzene rings is 2. The van der Waals surface area contributed by atoms with Crippen LogP contribution in [0.4, 0.5) is 10.3 Å². The van der Waals surface area contributed by atoms with Gasteiger partial charge in [0, 0.05) is 21.9 Å². The number of thiazole rings is 2. The Morgan fingerprint density at radius 3 is 2.28 bits per heavy atom. The minimum atomic E-state index is -0.229. The lowest BCUT2D eigenvalue weighted by Gasteiger charge is -2.05. The molecule has 0 aliphatic rings. The number of aromatic nitrogens is 2. The van der Waals surface area contributed by atoms with Crippen LogP contribution in [0.1, 0.15) is 41.4 Å². The van der Waals surface area contributed by atoms with Gasteiger partial charge in [-0.05, 0) is 23.6 Å². The lowest BCUT2D eigenvalue weighted by molar-refractivity contribution is -0.115. The fraction of sp³-hybridized carbons (Fsp3) is 0.167. The summed E-state index contributed by atoms with van der Waals surface area (Å²) in [5.74, 6) is 0.0483. The van der Waals surface area contributed by atoms with Crippen molar-refractivity contribution in [1.82, 2.24) is 9.97 Å². The first-order chi connectivity index (χ1) is 15.5. The quantitative estimate of drug-likeness (QED) is 0.362. The first kappa shape index (κ1) is 21.9. The standard InChI is InChI=1S/C24H22N4O2S2/c1-15(2)16-8-10-17(11-9-16)20-14-32-24(26-20)27-21(29)12-19-13-31-23(25-19)28-22(30)18-6-4-3-5-7-18/h3-11,13-15H,12H2,1-2H3,(H,25,28,30)(H,26,27,29). The van der Waals surface area contributed by atoms with Crippen LogP contribution in [-0.4, -0.2) is 21.8 Å². The molecule has 32 heavy (non-hydrogen) atoms. The lowest BCUT2D eigenvalue weighted by atomic mass is 10.0. The van der Waals surface area contributed by atoms with Crippen LogP contribution in [0, 0.1) is 0 Å². The molecule has 4 rings (SSSR count). The Morgan fingerprint density at radius 2 is 1.56 bits per heavy atom. The zero-order chi connectivity index (χ0) is 22.5. The molecule has 0 aliphatic carbocycles. The van der Waals surface area contributed by atoms with Gasteiger partial charge >= 0.3 is 0 Å². The number of amides is 2. The minimum Gasteiger partial charge on any atom is -0.302 e. The number of carbonyl (C=O) groups is 2. The van der Waals surface area contributed by atoms with Gasteiger partial charge in [-0.2, -0.15) is 0 Å². The molecule has 2 aromatic carbocycles. The summed E-state index contributed by atoms with van der Waals surface area (Å²) in [6.45, 7) is 4.32. The van der Waals surface area contributed by atoms with Crippen LogP contribution in [0.15, 0.2) is 65.4 Å². The zero-order valence-electron chi connectivity index (χ0n) is 17.7. The fourth-order valence-electron chi connectivity index (χ4n) is 3.03. The molecule has 0 saturated carbocycles. The van der Waals surface area contributed by atoms with Gasteiger partial charge in [0.2, 0.25) is 5.91 Å². The second-order valence-corrected chi connectivity index (χ2v) is 9.22. The maximum absolute atomic E-state index is 12.4. The molecule has 0 radical (unpaired) electrons. The predicted molar refractivity (Wildman–Crippen MR) is 130 cm³/mol. The molecule has 6 nitrogen and oxygen atoms in total. The van der Waals surface area contributed by atoms with E-state index >= 15 is 0 Å². The highest BCUT2D eigenvalue weighted by atomic mass is 32.1. The number of hydrogen-bond acceptors (Lipinski definition) is 6. The molecular formula is C24H22N4O2S2. The number of carbonyl (C=O) groups excluding carboxylic acids is 2. The third-order valence-electron chi connectivity index (χ3n) is 4.77. The summed E-state index contributed by atoms with van der Waals surface area (Å²) in [6.07, 6.45) is 0.107. The Bertz CT molecular complexity index is 1210. The van der Waals surface area contributed by atoms with E-state index in [0.717, 1.165) is 11.3 Å². The van der Waals surface area contributed by atoms with E-state index in [1.54, 1.807) is 29.6 Å². The van der Waals surface area contributed by atoms with E-state index in [9.17, 15) is 9.59 Å². The highest BCUT2D eigenvalue weighted by molar-refractivity contribution is 7.14. The maximum atomic E-state index is 12.4. The first-order valence-corrected chi connectivity index (χ1v) is 11.9.